The molecule has 0 N–H and O–H groups in total. The molecule has 0 saturated heterocycles. The second kappa shape index (κ2) is 7.74. The van der Waals surface area contributed by atoms with Gasteiger partial charge < -0.3 is 14.4 Å². The predicted octanol–water partition coefficient (Wildman–Crippen LogP) is 2.22. The van der Waals surface area contributed by atoms with Gasteiger partial charge in [0.25, 0.3) is 0 Å². The molecule has 0 aliphatic heterocycles. The average Bonchev–Trinajstić information content (AvgIpc) is 2.39. The molecule has 0 heterocycles. The van der Waals surface area contributed by atoms with Crippen molar-refractivity contribution in [1.29, 1.82) is 0 Å². The van der Waals surface area contributed by atoms with Crippen LogP contribution in [0.2, 0.25) is 0 Å². The predicted molar refractivity (Wildman–Crippen MR) is 70.5 cm³/mol. The Labute approximate surface area is 113 Å². The fourth-order valence-electron chi connectivity index (χ4n) is 1.67. The lowest BCUT2D eigenvalue weighted by Crippen LogP contribution is -2.22. The molecule has 0 unspecified atom stereocenters. The number of hydrogen-bond donors (Lipinski definition) is 0. The van der Waals surface area contributed by atoms with Gasteiger partial charge in [0.1, 0.15) is 11.6 Å². The van der Waals surface area contributed by atoms with E-state index in [2.05, 4.69) is 0 Å². The van der Waals surface area contributed by atoms with E-state index in [0.29, 0.717) is 37.4 Å². The van der Waals surface area contributed by atoms with Gasteiger partial charge in [0.05, 0.1) is 20.1 Å². The van der Waals surface area contributed by atoms with Crippen LogP contribution in [-0.2, 0) is 16.1 Å². The summed E-state index contributed by atoms with van der Waals surface area (Å²) < 4.78 is 23.5. The lowest BCUT2D eigenvalue weighted by atomic mass is 10.2. The van der Waals surface area contributed by atoms with Crippen molar-refractivity contribution in [3.8, 4) is 5.75 Å². The van der Waals surface area contributed by atoms with Crippen molar-refractivity contribution in [2.24, 2.45) is 0 Å². The van der Waals surface area contributed by atoms with E-state index in [1.807, 2.05) is 11.9 Å². The minimum absolute atomic E-state index is 0.232. The summed E-state index contributed by atoms with van der Waals surface area (Å²) in [6.07, 6.45) is 0.308. The highest BCUT2D eigenvalue weighted by Crippen LogP contribution is 2.17. The summed E-state index contributed by atoms with van der Waals surface area (Å²) >= 11 is 0. The van der Waals surface area contributed by atoms with E-state index in [4.69, 9.17) is 9.47 Å². The van der Waals surface area contributed by atoms with Gasteiger partial charge in [0.15, 0.2) is 0 Å². The number of carbonyl (C=O) groups excluding carboxylic acids is 1. The normalized spacial score (nSPS) is 10.6. The standard InChI is InChI=1S/C14H20FNO3/c1-4-19-14(17)7-8-16(2)10-11-5-6-12(18-3)9-13(11)15/h5-6,9H,4,7-8,10H2,1-3H3. The van der Waals surface area contributed by atoms with E-state index >= 15 is 0 Å². The van der Waals surface area contributed by atoms with Crippen LogP contribution in [0.5, 0.6) is 5.75 Å². The van der Waals surface area contributed by atoms with Gasteiger partial charge in [-0.25, -0.2) is 4.39 Å². The third-order valence-electron chi connectivity index (χ3n) is 2.70. The zero-order valence-corrected chi connectivity index (χ0v) is 11.6. The maximum atomic E-state index is 13.7. The molecule has 0 aliphatic rings. The molecule has 0 fully saturated rings. The number of esters is 1. The van der Waals surface area contributed by atoms with Crippen LogP contribution in [0.3, 0.4) is 0 Å². The highest BCUT2D eigenvalue weighted by molar-refractivity contribution is 5.69. The third kappa shape index (κ3) is 5.26. The third-order valence-corrected chi connectivity index (χ3v) is 2.70. The molecule has 0 atom stereocenters. The molecule has 0 saturated carbocycles. The van der Waals surface area contributed by atoms with Gasteiger partial charge in [-0.1, -0.05) is 6.07 Å². The zero-order valence-electron chi connectivity index (χ0n) is 11.6. The molecule has 19 heavy (non-hydrogen) atoms. The lowest BCUT2D eigenvalue weighted by molar-refractivity contribution is -0.143. The number of carbonyl (C=O) groups is 1. The topological polar surface area (TPSA) is 38.8 Å². The Bertz CT molecular complexity index is 423. The summed E-state index contributed by atoms with van der Waals surface area (Å²) in [7, 11) is 3.34. The molecular weight excluding hydrogens is 249 g/mol. The van der Waals surface area contributed by atoms with E-state index in [9.17, 15) is 9.18 Å². The summed E-state index contributed by atoms with van der Waals surface area (Å²) in [5.41, 5.74) is 0.576. The highest BCUT2D eigenvalue weighted by Gasteiger charge is 2.09. The number of ether oxygens (including phenoxy) is 2. The van der Waals surface area contributed by atoms with Crippen molar-refractivity contribution in [2.45, 2.75) is 19.9 Å². The van der Waals surface area contributed by atoms with Crippen molar-refractivity contribution >= 4 is 5.97 Å². The van der Waals surface area contributed by atoms with Crippen LogP contribution in [0.15, 0.2) is 18.2 Å². The van der Waals surface area contributed by atoms with E-state index in [-0.39, 0.29) is 11.8 Å². The largest absolute Gasteiger partial charge is 0.497 e. The fraction of sp³-hybridized carbons (Fsp3) is 0.500. The van der Waals surface area contributed by atoms with Crippen molar-refractivity contribution < 1.29 is 18.7 Å². The quantitative estimate of drug-likeness (QED) is 0.711. The van der Waals surface area contributed by atoms with Crippen LogP contribution < -0.4 is 4.74 Å². The second-order valence-corrected chi connectivity index (χ2v) is 4.25. The maximum Gasteiger partial charge on any atom is 0.307 e. The molecule has 1 aromatic carbocycles. The monoisotopic (exact) mass is 269 g/mol. The van der Waals surface area contributed by atoms with Gasteiger partial charge in [-0.2, -0.15) is 0 Å². The molecule has 0 bridgehead atoms. The summed E-state index contributed by atoms with van der Waals surface area (Å²) in [4.78, 5) is 13.1. The van der Waals surface area contributed by atoms with Crippen molar-refractivity contribution in [1.82, 2.24) is 4.90 Å². The van der Waals surface area contributed by atoms with E-state index in [0.717, 1.165) is 0 Å². The van der Waals surface area contributed by atoms with Gasteiger partial charge in [-0.3, -0.25) is 4.79 Å². The number of nitrogens with zero attached hydrogens (tertiary/aromatic N) is 1. The lowest BCUT2D eigenvalue weighted by Gasteiger charge is -2.16. The Hall–Kier alpha value is -1.62. The molecule has 1 rings (SSSR count). The van der Waals surface area contributed by atoms with Gasteiger partial charge in [-0.15, -0.1) is 0 Å². The van der Waals surface area contributed by atoms with Crippen LogP contribution in [0, 0.1) is 5.82 Å². The molecule has 1 aromatic rings. The van der Waals surface area contributed by atoms with Crippen LogP contribution >= 0.6 is 0 Å². The van der Waals surface area contributed by atoms with Crippen LogP contribution in [-0.4, -0.2) is 38.2 Å². The first-order valence-corrected chi connectivity index (χ1v) is 6.23. The smallest absolute Gasteiger partial charge is 0.307 e. The number of rotatable bonds is 7. The van der Waals surface area contributed by atoms with Gasteiger partial charge in [0, 0.05) is 24.7 Å². The Kier molecular flexibility index (Phi) is 6.29. The number of benzene rings is 1. The minimum Gasteiger partial charge on any atom is -0.497 e. The summed E-state index contributed by atoms with van der Waals surface area (Å²) in [5, 5.41) is 0. The van der Waals surface area contributed by atoms with E-state index in [1.165, 1.54) is 13.2 Å². The van der Waals surface area contributed by atoms with Gasteiger partial charge in [0.2, 0.25) is 0 Å². The maximum absolute atomic E-state index is 13.7. The van der Waals surface area contributed by atoms with Gasteiger partial charge in [-0.05, 0) is 20.0 Å². The summed E-state index contributed by atoms with van der Waals surface area (Å²) in [5.74, 6) is -0.0395. The molecule has 0 aromatic heterocycles. The first-order valence-electron chi connectivity index (χ1n) is 6.23. The van der Waals surface area contributed by atoms with Crippen molar-refractivity contribution in [3.05, 3.63) is 29.6 Å². The molecule has 0 amide bonds. The minimum atomic E-state index is -0.303. The molecule has 5 heteroatoms. The van der Waals surface area contributed by atoms with Crippen molar-refractivity contribution in [2.75, 3.05) is 27.3 Å². The number of methoxy groups -OCH3 is 1. The summed E-state index contributed by atoms with van der Waals surface area (Å²) in [6.45, 7) is 3.13. The zero-order chi connectivity index (χ0) is 14.3. The van der Waals surface area contributed by atoms with Crippen LogP contribution in [0.1, 0.15) is 18.9 Å². The molecule has 0 spiro atoms. The molecule has 0 radical (unpaired) electrons. The number of hydrogen-bond acceptors (Lipinski definition) is 4. The van der Waals surface area contributed by atoms with E-state index in [1.54, 1.807) is 19.1 Å². The Morgan fingerprint density at radius 3 is 2.74 bits per heavy atom. The Morgan fingerprint density at radius 2 is 2.16 bits per heavy atom. The van der Waals surface area contributed by atoms with E-state index < -0.39 is 0 Å². The average molecular weight is 269 g/mol. The first-order chi connectivity index (χ1) is 9.06. The van der Waals surface area contributed by atoms with Crippen molar-refractivity contribution in [3.63, 3.8) is 0 Å². The molecule has 106 valence electrons. The Balaban J connectivity index is 2.48. The first kappa shape index (κ1) is 15.4. The SMILES string of the molecule is CCOC(=O)CCN(C)Cc1ccc(OC)cc1F. The Morgan fingerprint density at radius 1 is 1.42 bits per heavy atom. The van der Waals surface area contributed by atoms with Gasteiger partial charge >= 0.3 is 5.97 Å². The highest BCUT2D eigenvalue weighted by atomic mass is 19.1. The fourth-order valence-corrected chi connectivity index (χ4v) is 1.67. The molecule has 4 nitrogen and oxygen atoms in total. The second-order valence-electron chi connectivity index (χ2n) is 4.25. The molecule has 0 aliphatic carbocycles. The number of halogens is 1. The summed E-state index contributed by atoms with van der Waals surface area (Å²) in [6, 6.07) is 4.77. The van der Waals surface area contributed by atoms with Crippen LogP contribution in [0.25, 0.3) is 0 Å². The molecular formula is C14H20FNO3. The van der Waals surface area contributed by atoms with Crippen LogP contribution in [0.4, 0.5) is 4.39 Å².